The summed E-state index contributed by atoms with van der Waals surface area (Å²) < 4.78 is 28.4. The van der Waals surface area contributed by atoms with Crippen molar-refractivity contribution in [3.63, 3.8) is 0 Å². The Morgan fingerprint density at radius 2 is 1.87 bits per heavy atom. The highest BCUT2D eigenvalue weighted by Crippen LogP contribution is 2.35. The van der Waals surface area contributed by atoms with Crippen molar-refractivity contribution in [3.8, 4) is 11.5 Å². The number of halogens is 1. The third kappa shape index (κ3) is 5.66. The molecule has 0 radical (unpaired) electrons. The molecule has 0 aliphatic carbocycles. The predicted octanol–water partition coefficient (Wildman–Crippen LogP) is 3.00. The molecule has 0 bridgehead atoms. The average Bonchev–Trinajstić information content (AvgIpc) is 2.72. The average molecular weight is 420 g/mol. The first kappa shape index (κ1) is 22.6. The number of hydrogen-bond acceptors (Lipinski definition) is 7. The Morgan fingerprint density at radius 1 is 1.20 bits per heavy atom. The summed E-state index contributed by atoms with van der Waals surface area (Å²) in [6.45, 7) is 3.37. The molecular weight excluding hydrogens is 399 g/mol. The third-order valence-corrected chi connectivity index (χ3v) is 4.03. The molecule has 0 saturated heterocycles. The van der Waals surface area contributed by atoms with Gasteiger partial charge in [0.05, 0.1) is 24.7 Å². The lowest BCUT2D eigenvalue weighted by atomic mass is 10.1. The molecule has 2 aromatic carbocycles. The van der Waals surface area contributed by atoms with Gasteiger partial charge in [0.15, 0.2) is 17.6 Å². The zero-order valence-electron chi connectivity index (χ0n) is 16.6. The Hall–Kier alpha value is -3.69. The monoisotopic (exact) mass is 420 g/mol. The van der Waals surface area contributed by atoms with Crippen LogP contribution in [0.5, 0.6) is 11.5 Å². The quantitative estimate of drug-likeness (QED) is 0.376. The number of rotatable bonds is 9. The van der Waals surface area contributed by atoms with Crippen molar-refractivity contribution in [1.82, 2.24) is 5.32 Å². The Bertz CT molecular complexity index is 931. The van der Waals surface area contributed by atoms with Gasteiger partial charge in [-0.2, -0.15) is 0 Å². The van der Waals surface area contributed by atoms with Gasteiger partial charge in [-0.05, 0) is 31.5 Å². The number of nitrogens with zero attached hydrogens (tertiary/aromatic N) is 1. The molecule has 0 saturated carbocycles. The topological polar surface area (TPSA) is 117 Å². The van der Waals surface area contributed by atoms with Gasteiger partial charge in [0.1, 0.15) is 11.4 Å². The van der Waals surface area contributed by atoms with E-state index in [1.165, 1.54) is 38.3 Å². The highest BCUT2D eigenvalue weighted by Gasteiger charge is 2.28. The number of esters is 1. The number of methoxy groups -OCH3 is 1. The Morgan fingerprint density at radius 3 is 2.43 bits per heavy atom. The zero-order valence-corrected chi connectivity index (χ0v) is 16.6. The van der Waals surface area contributed by atoms with Crippen molar-refractivity contribution in [2.45, 2.75) is 26.5 Å². The van der Waals surface area contributed by atoms with E-state index in [4.69, 9.17) is 14.2 Å². The van der Waals surface area contributed by atoms with Crippen LogP contribution in [0, 0.1) is 15.9 Å². The molecule has 2 aromatic rings. The van der Waals surface area contributed by atoms with Crippen LogP contribution >= 0.6 is 0 Å². The van der Waals surface area contributed by atoms with Crippen molar-refractivity contribution >= 4 is 17.6 Å². The van der Waals surface area contributed by atoms with Gasteiger partial charge in [0.2, 0.25) is 0 Å². The minimum atomic E-state index is -1.23. The maximum Gasteiger partial charge on any atom is 0.346 e. The summed E-state index contributed by atoms with van der Waals surface area (Å²) in [5, 5.41) is 13.9. The van der Waals surface area contributed by atoms with E-state index in [1.54, 1.807) is 6.92 Å². The molecule has 1 atom stereocenters. The van der Waals surface area contributed by atoms with E-state index in [9.17, 15) is 24.1 Å². The second-order valence-corrected chi connectivity index (χ2v) is 6.10. The standard InChI is InChI=1S/C20H21FN2O7/c1-4-29-18-9-15(16(23(26)27)10-17(18)28-3)20(25)30-12(2)19(24)22-11-13-5-7-14(21)8-6-13/h5-10,12H,4,11H2,1-3H3,(H,22,24)/t12-/m1/s1. The molecule has 1 N–H and O–H groups in total. The molecular formula is C20H21FN2O7. The molecule has 0 aromatic heterocycles. The smallest absolute Gasteiger partial charge is 0.346 e. The minimum Gasteiger partial charge on any atom is -0.493 e. The summed E-state index contributed by atoms with van der Waals surface area (Å²) in [7, 11) is 1.31. The molecule has 0 fully saturated rings. The number of hydrogen-bond donors (Lipinski definition) is 1. The van der Waals surface area contributed by atoms with E-state index < -0.39 is 34.4 Å². The summed E-state index contributed by atoms with van der Waals surface area (Å²) in [4.78, 5) is 35.3. The molecule has 0 aliphatic heterocycles. The first-order valence-corrected chi connectivity index (χ1v) is 8.99. The SMILES string of the molecule is CCOc1cc(C(=O)O[C@H](C)C(=O)NCc2ccc(F)cc2)c([N+](=O)[O-])cc1OC. The van der Waals surface area contributed by atoms with Gasteiger partial charge in [-0.15, -0.1) is 0 Å². The number of carbonyl (C=O) groups is 2. The first-order valence-electron chi connectivity index (χ1n) is 8.99. The van der Waals surface area contributed by atoms with Crippen LogP contribution in [0.2, 0.25) is 0 Å². The summed E-state index contributed by atoms with van der Waals surface area (Å²) in [5.41, 5.74) is -0.267. The van der Waals surface area contributed by atoms with Crippen LogP contribution < -0.4 is 14.8 Å². The fourth-order valence-corrected chi connectivity index (χ4v) is 2.50. The fourth-order valence-electron chi connectivity index (χ4n) is 2.50. The molecule has 1 amide bonds. The van der Waals surface area contributed by atoms with Gasteiger partial charge in [0, 0.05) is 12.6 Å². The molecule has 0 unspecified atom stereocenters. The van der Waals surface area contributed by atoms with E-state index >= 15 is 0 Å². The number of ether oxygens (including phenoxy) is 3. The zero-order chi connectivity index (χ0) is 22.3. The number of benzene rings is 2. The number of nitro groups is 1. The predicted molar refractivity (Wildman–Crippen MR) is 104 cm³/mol. The van der Waals surface area contributed by atoms with Crippen molar-refractivity contribution in [2.24, 2.45) is 0 Å². The van der Waals surface area contributed by atoms with Crippen molar-refractivity contribution < 1.29 is 33.1 Å². The minimum absolute atomic E-state index is 0.0881. The number of nitrogens with one attached hydrogen (secondary N) is 1. The van der Waals surface area contributed by atoms with E-state index in [-0.39, 0.29) is 30.2 Å². The molecule has 2 rings (SSSR count). The van der Waals surface area contributed by atoms with Crippen LogP contribution in [0.25, 0.3) is 0 Å². The van der Waals surface area contributed by atoms with Gasteiger partial charge < -0.3 is 19.5 Å². The normalized spacial score (nSPS) is 11.3. The lowest BCUT2D eigenvalue weighted by molar-refractivity contribution is -0.385. The second-order valence-electron chi connectivity index (χ2n) is 6.10. The summed E-state index contributed by atoms with van der Waals surface area (Å²) >= 11 is 0. The Kier molecular flexibility index (Phi) is 7.68. The fraction of sp³-hybridized carbons (Fsp3) is 0.300. The van der Waals surface area contributed by atoms with Crippen LogP contribution in [0.4, 0.5) is 10.1 Å². The van der Waals surface area contributed by atoms with E-state index in [0.717, 1.165) is 12.1 Å². The lowest BCUT2D eigenvalue weighted by Gasteiger charge is -2.15. The summed E-state index contributed by atoms with van der Waals surface area (Å²) in [5.74, 6) is -1.86. The third-order valence-electron chi connectivity index (χ3n) is 4.03. The number of amides is 1. The van der Waals surface area contributed by atoms with Crippen LogP contribution in [0.15, 0.2) is 36.4 Å². The van der Waals surface area contributed by atoms with Gasteiger partial charge >= 0.3 is 5.97 Å². The van der Waals surface area contributed by atoms with Crippen molar-refractivity contribution in [3.05, 3.63) is 63.5 Å². The highest BCUT2D eigenvalue weighted by molar-refractivity contribution is 5.96. The van der Waals surface area contributed by atoms with Crippen LogP contribution in [-0.2, 0) is 16.1 Å². The van der Waals surface area contributed by atoms with Crippen molar-refractivity contribution in [1.29, 1.82) is 0 Å². The van der Waals surface area contributed by atoms with Crippen LogP contribution in [0.1, 0.15) is 29.8 Å². The number of carbonyl (C=O) groups excluding carboxylic acids is 2. The molecule has 0 heterocycles. The van der Waals surface area contributed by atoms with E-state index in [1.807, 2.05) is 0 Å². The lowest BCUT2D eigenvalue weighted by Crippen LogP contribution is -2.35. The molecule has 0 aliphatic rings. The number of nitro benzene ring substituents is 1. The van der Waals surface area contributed by atoms with E-state index in [0.29, 0.717) is 5.56 Å². The highest BCUT2D eigenvalue weighted by atomic mass is 19.1. The van der Waals surface area contributed by atoms with Gasteiger partial charge in [-0.1, -0.05) is 12.1 Å². The van der Waals surface area contributed by atoms with Gasteiger partial charge in [-0.25, -0.2) is 9.18 Å². The maximum atomic E-state index is 12.9. The molecule has 30 heavy (non-hydrogen) atoms. The van der Waals surface area contributed by atoms with Gasteiger partial charge in [0.25, 0.3) is 11.6 Å². The molecule has 9 nitrogen and oxygen atoms in total. The molecule has 160 valence electrons. The second kappa shape index (κ2) is 10.2. The molecule has 0 spiro atoms. The summed E-state index contributed by atoms with van der Waals surface area (Å²) in [6.07, 6.45) is -1.23. The van der Waals surface area contributed by atoms with E-state index in [2.05, 4.69) is 5.32 Å². The summed E-state index contributed by atoms with van der Waals surface area (Å²) in [6, 6.07) is 7.71. The first-order chi connectivity index (χ1) is 14.3. The largest absolute Gasteiger partial charge is 0.493 e. The Labute approximate surface area is 171 Å². The molecule has 10 heteroatoms. The Balaban J connectivity index is 2.12. The van der Waals surface area contributed by atoms with Crippen LogP contribution in [-0.4, -0.2) is 36.6 Å². The van der Waals surface area contributed by atoms with Crippen molar-refractivity contribution in [2.75, 3.05) is 13.7 Å². The van der Waals surface area contributed by atoms with Crippen LogP contribution in [0.3, 0.4) is 0 Å². The van der Waals surface area contributed by atoms with Gasteiger partial charge in [-0.3, -0.25) is 14.9 Å². The maximum absolute atomic E-state index is 12.9.